The third-order valence-electron chi connectivity index (χ3n) is 1.74. The van der Waals surface area contributed by atoms with Crippen molar-refractivity contribution in [1.29, 1.82) is 0 Å². The second kappa shape index (κ2) is 4.40. The van der Waals surface area contributed by atoms with E-state index in [1.165, 1.54) is 0 Å². The summed E-state index contributed by atoms with van der Waals surface area (Å²) in [6.45, 7) is 1.95. The van der Waals surface area contributed by atoms with Gasteiger partial charge in [0.1, 0.15) is 0 Å². The molecule has 0 saturated heterocycles. The Kier molecular flexibility index (Phi) is 3.46. The Labute approximate surface area is 82.7 Å². The zero-order valence-corrected chi connectivity index (χ0v) is 8.21. The topological polar surface area (TPSA) is 43.1 Å². The maximum absolute atomic E-state index is 10.7. The molecule has 0 fully saturated rings. The van der Waals surface area contributed by atoms with Crippen molar-refractivity contribution in [2.45, 2.75) is 19.4 Å². The molecule has 2 N–H and O–H groups in total. The lowest BCUT2D eigenvalue weighted by atomic mass is 10.1. The van der Waals surface area contributed by atoms with Gasteiger partial charge in [-0.1, -0.05) is 12.1 Å². The molecule has 0 aromatic heterocycles. The first-order valence-electron chi connectivity index (χ1n) is 4.14. The molecule has 2 nitrogen and oxygen atoms in total. The van der Waals surface area contributed by atoms with Crippen LogP contribution in [0.4, 0.5) is 0 Å². The number of benzene rings is 1. The summed E-state index contributed by atoms with van der Waals surface area (Å²) in [5.41, 5.74) is 7.27. The van der Waals surface area contributed by atoms with Gasteiger partial charge in [-0.05, 0) is 42.6 Å². The molecule has 0 spiro atoms. The highest BCUT2D eigenvalue weighted by molar-refractivity contribution is 6.67. The third-order valence-corrected chi connectivity index (χ3v) is 1.96. The van der Waals surface area contributed by atoms with Crippen molar-refractivity contribution in [3.05, 3.63) is 35.4 Å². The average Bonchev–Trinajstić information content (AvgIpc) is 2.04. The summed E-state index contributed by atoms with van der Waals surface area (Å²) >= 11 is 5.30. The number of nitrogens with two attached hydrogens (primary N) is 1. The maximum Gasteiger partial charge on any atom is 0.252 e. The van der Waals surface area contributed by atoms with Crippen molar-refractivity contribution in [2.75, 3.05) is 0 Å². The predicted molar refractivity (Wildman–Crippen MR) is 54.0 cm³/mol. The second-order valence-corrected chi connectivity index (χ2v) is 3.50. The minimum Gasteiger partial charge on any atom is -0.328 e. The molecule has 1 aromatic carbocycles. The SMILES string of the molecule is C[C@@H](N)Cc1ccc(C(=O)Cl)cc1. The number of carbonyl (C=O) groups excluding carboxylic acids is 1. The molecule has 0 radical (unpaired) electrons. The lowest BCUT2D eigenvalue weighted by molar-refractivity contribution is 0.108. The maximum atomic E-state index is 10.7. The van der Waals surface area contributed by atoms with Gasteiger partial charge in [0.2, 0.25) is 0 Å². The van der Waals surface area contributed by atoms with Crippen LogP contribution in [0.25, 0.3) is 0 Å². The Morgan fingerprint density at radius 3 is 2.38 bits per heavy atom. The van der Waals surface area contributed by atoms with Crippen LogP contribution in [-0.4, -0.2) is 11.3 Å². The number of rotatable bonds is 3. The van der Waals surface area contributed by atoms with E-state index in [0.717, 1.165) is 12.0 Å². The van der Waals surface area contributed by atoms with Crippen LogP contribution in [0.5, 0.6) is 0 Å². The highest BCUT2D eigenvalue weighted by Gasteiger charge is 2.01. The predicted octanol–water partition coefficient (Wildman–Crippen LogP) is 1.96. The molecule has 0 amide bonds. The quantitative estimate of drug-likeness (QED) is 0.753. The fourth-order valence-corrected chi connectivity index (χ4v) is 1.27. The molecule has 0 saturated carbocycles. The van der Waals surface area contributed by atoms with Gasteiger partial charge in [0.25, 0.3) is 5.24 Å². The molecule has 0 aliphatic heterocycles. The van der Waals surface area contributed by atoms with Crippen LogP contribution in [0.1, 0.15) is 22.8 Å². The summed E-state index contributed by atoms with van der Waals surface area (Å²) in [6.07, 6.45) is 0.816. The van der Waals surface area contributed by atoms with Crippen LogP contribution < -0.4 is 5.73 Å². The molecule has 13 heavy (non-hydrogen) atoms. The molecule has 1 aromatic rings. The van der Waals surface area contributed by atoms with Gasteiger partial charge >= 0.3 is 0 Å². The van der Waals surface area contributed by atoms with E-state index in [1.54, 1.807) is 12.1 Å². The lowest BCUT2D eigenvalue weighted by Crippen LogP contribution is -2.17. The monoisotopic (exact) mass is 197 g/mol. The van der Waals surface area contributed by atoms with Gasteiger partial charge in [-0.15, -0.1) is 0 Å². The van der Waals surface area contributed by atoms with Crippen molar-refractivity contribution in [3.63, 3.8) is 0 Å². The first-order valence-corrected chi connectivity index (χ1v) is 4.51. The molecular formula is C10H12ClNO. The minimum absolute atomic E-state index is 0.137. The fourth-order valence-electron chi connectivity index (χ4n) is 1.14. The van der Waals surface area contributed by atoms with Crippen LogP contribution in [-0.2, 0) is 6.42 Å². The van der Waals surface area contributed by atoms with E-state index in [9.17, 15) is 4.79 Å². The molecule has 0 aliphatic carbocycles. The van der Waals surface area contributed by atoms with Crippen LogP contribution in [0.2, 0.25) is 0 Å². The summed E-state index contributed by atoms with van der Waals surface area (Å²) in [5, 5.41) is -0.424. The zero-order chi connectivity index (χ0) is 9.84. The van der Waals surface area contributed by atoms with Gasteiger partial charge in [0, 0.05) is 11.6 Å². The van der Waals surface area contributed by atoms with E-state index >= 15 is 0 Å². The van der Waals surface area contributed by atoms with Gasteiger partial charge in [-0.2, -0.15) is 0 Å². The highest BCUT2D eigenvalue weighted by atomic mass is 35.5. The van der Waals surface area contributed by atoms with Crippen LogP contribution in [0.15, 0.2) is 24.3 Å². The van der Waals surface area contributed by atoms with Gasteiger partial charge in [-0.25, -0.2) is 0 Å². The van der Waals surface area contributed by atoms with Gasteiger partial charge in [0.05, 0.1) is 0 Å². The van der Waals surface area contributed by atoms with E-state index in [2.05, 4.69) is 0 Å². The summed E-state index contributed by atoms with van der Waals surface area (Å²) in [4.78, 5) is 10.7. The summed E-state index contributed by atoms with van der Waals surface area (Å²) in [5.74, 6) is 0. The van der Waals surface area contributed by atoms with Crippen LogP contribution in [0, 0.1) is 0 Å². The van der Waals surface area contributed by atoms with Crippen molar-refractivity contribution < 1.29 is 4.79 Å². The van der Waals surface area contributed by atoms with E-state index in [1.807, 2.05) is 19.1 Å². The van der Waals surface area contributed by atoms with Crippen molar-refractivity contribution in [3.8, 4) is 0 Å². The van der Waals surface area contributed by atoms with Gasteiger partial charge in [0.15, 0.2) is 0 Å². The van der Waals surface area contributed by atoms with Gasteiger partial charge < -0.3 is 5.73 Å². The number of hydrogen-bond donors (Lipinski definition) is 1. The molecular weight excluding hydrogens is 186 g/mol. The molecule has 0 unspecified atom stereocenters. The standard InChI is InChI=1S/C10H12ClNO/c1-7(12)6-8-2-4-9(5-3-8)10(11)13/h2-5,7H,6,12H2,1H3/t7-/m1/s1. The van der Waals surface area contributed by atoms with E-state index in [0.29, 0.717) is 5.56 Å². The highest BCUT2D eigenvalue weighted by Crippen LogP contribution is 2.08. The summed E-state index contributed by atoms with van der Waals surface area (Å²) in [7, 11) is 0. The van der Waals surface area contributed by atoms with Crippen molar-refractivity contribution in [1.82, 2.24) is 0 Å². The molecule has 70 valence electrons. The number of halogens is 1. The smallest absolute Gasteiger partial charge is 0.252 e. The first-order chi connectivity index (χ1) is 6.09. The van der Waals surface area contributed by atoms with E-state index in [-0.39, 0.29) is 6.04 Å². The number of carbonyl (C=O) groups is 1. The molecule has 1 rings (SSSR count). The fraction of sp³-hybridized carbons (Fsp3) is 0.300. The van der Waals surface area contributed by atoms with E-state index in [4.69, 9.17) is 17.3 Å². The molecule has 3 heteroatoms. The normalized spacial score (nSPS) is 12.5. The molecule has 0 heterocycles. The summed E-state index contributed by atoms with van der Waals surface area (Å²) < 4.78 is 0. The minimum atomic E-state index is -0.424. The van der Waals surface area contributed by atoms with Crippen LogP contribution >= 0.6 is 11.6 Å². The Balaban J connectivity index is 2.75. The Bertz CT molecular complexity index is 292. The number of hydrogen-bond acceptors (Lipinski definition) is 2. The van der Waals surface area contributed by atoms with E-state index < -0.39 is 5.24 Å². The Morgan fingerprint density at radius 1 is 1.46 bits per heavy atom. The Morgan fingerprint density at radius 2 is 2.00 bits per heavy atom. The summed E-state index contributed by atoms with van der Waals surface area (Å²) in [6, 6.07) is 7.32. The Hall–Kier alpha value is -0.860. The van der Waals surface area contributed by atoms with Crippen molar-refractivity contribution in [2.24, 2.45) is 5.73 Å². The zero-order valence-electron chi connectivity index (χ0n) is 7.46. The lowest BCUT2D eigenvalue weighted by Gasteiger charge is -2.04. The molecule has 1 atom stereocenters. The molecule has 0 aliphatic rings. The first kappa shape index (κ1) is 10.2. The van der Waals surface area contributed by atoms with Gasteiger partial charge in [-0.3, -0.25) is 4.79 Å². The largest absolute Gasteiger partial charge is 0.328 e. The third kappa shape index (κ3) is 3.17. The molecule has 0 bridgehead atoms. The average molecular weight is 198 g/mol. The van der Waals surface area contributed by atoms with Crippen molar-refractivity contribution >= 4 is 16.8 Å². The van der Waals surface area contributed by atoms with Crippen LogP contribution in [0.3, 0.4) is 0 Å². The second-order valence-electron chi connectivity index (χ2n) is 3.15.